The first-order chi connectivity index (χ1) is 7.96. The molecule has 1 rings (SSSR count). The first-order valence-electron chi connectivity index (χ1n) is 4.90. The van der Waals surface area contributed by atoms with E-state index in [0.29, 0.717) is 0 Å². The van der Waals surface area contributed by atoms with Crippen molar-refractivity contribution in [2.24, 2.45) is 0 Å². The van der Waals surface area contributed by atoms with E-state index in [1.807, 2.05) is 0 Å². The van der Waals surface area contributed by atoms with Crippen LogP contribution in [0.5, 0.6) is 0 Å². The van der Waals surface area contributed by atoms with E-state index in [1.165, 1.54) is 0 Å². The van der Waals surface area contributed by atoms with E-state index < -0.39 is 33.2 Å². The van der Waals surface area contributed by atoms with E-state index in [1.54, 1.807) is 19.2 Å². The van der Waals surface area contributed by atoms with Crippen LogP contribution in [0.1, 0.15) is 13.8 Å². The van der Waals surface area contributed by atoms with Crippen molar-refractivity contribution in [1.29, 1.82) is 0 Å². The normalized spacial score (nSPS) is 23.9. The van der Waals surface area contributed by atoms with Crippen molar-refractivity contribution < 1.29 is 36.0 Å². The van der Waals surface area contributed by atoms with Gasteiger partial charge in [0.05, 0.1) is 6.61 Å². The summed E-state index contributed by atoms with van der Waals surface area (Å²) >= 11 is 0. The molecule has 0 aromatic rings. The summed E-state index contributed by atoms with van der Waals surface area (Å²) in [7, 11) is -5.79. The van der Waals surface area contributed by atoms with Crippen LogP contribution in [0.2, 0.25) is 0 Å². The average Bonchev–Trinajstić information content (AvgIpc) is 2.52. The Morgan fingerprint density at radius 2 is 2.11 bits per heavy atom. The summed E-state index contributed by atoms with van der Waals surface area (Å²) < 4.78 is 64.7. The molecule has 0 bridgehead atoms. The summed E-state index contributed by atoms with van der Waals surface area (Å²) in [4.78, 5) is 10.9. The second kappa shape index (κ2) is 4.68. The number of hydrogen-bond donors (Lipinski definition) is 2. The van der Waals surface area contributed by atoms with E-state index in [0.717, 1.165) is 0 Å². The molecule has 1 atom stereocenters. The molecule has 0 aromatic heterocycles. The molecule has 1 heterocycles. The fourth-order valence-electron chi connectivity index (χ4n) is 1.29. The number of ether oxygens (including phenoxy) is 2. The lowest BCUT2D eigenvalue weighted by atomic mass is 10.3. The van der Waals surface area contributed by atoms with Gasteiger partial charge < -0.3 is 14.8 Å². The highest BCUT2D eigenvalue weighted by atomic mass is 32.2. The molecule has 1 unspecified atom stereocenters. The van der Waals surface area contributed by atoms with Gasteiger partial charge in [0.25, 0.3) is 0 Å². The molecule has 1 saturated heterocycles. The van der Waals surface area contributed by atoms with Crippen LogP contribution in [-0.4, -0.2) is 49.2 Å². The van der Waals surface area contributed by atoms with Gasteiger partial charge in [0, 0.05) is 6.54 Å². The highest BCUT2D eigenvalue weighted by Crippen LogP contribution is 2.23. The largest absolute Gasteiger partial charge is 0.446 e. The molecule has 1 amide bonds. The molecule has 0 saturated carbocycles. The highest BCUT2D eigenvalue weighted by Gasteiger charge is 2.52. The monoisotopic (exact) mass is 289 g/mol. The Bertz CT molecular complexity index is 435. The third-order valence-corrected chi connectivity index (χ3v) is 2.98. The zero-order valence-electron chi connectivity index (χ0n) is 9.64. The number of hydrogen-bond acceptors (Lipinski definition) is 5. The Balaban J connectivity index is 2.53. The number of halogens is 2. The van der Waals surface area contributed by atoms with Crippen LogP contribution >= 0.6 is 0 Å². The van der Waals surface area contributed by atoms with Gasteiger partial charge in [0.1, 0.15) is 6.10 Å². The molecule has 7 nitrogen and oxygen atoms in total. The predicted octanol–water partition coefficient (Wildman–Crippen LogP) is -0.265. The van der Waals surface area contributed by atoms with Gasteiger partial charge >= 0.3 is 21.3 Å². The zero-order chi connectivity index (χ0) is 14.2. The lowest BCUT2D eigenvalue weighted by molar-refractivity contribution is -0.143. The zero-order valence-corrected chi connectivity index (χ0v) is 10.5. The Kier molecular flexibility index (Phi) is 3.96. The Labute approximate surface area is 102 Å². The Morgan fingerprint density at radius 1 is 1.56 bits per heavy atom. The average molecular weight is 289 g/mol. The van der Waals surface area contributed by atoms with Crippen LogP contribution in [-0.2, 0) is 24.4 Å². The molecule has 106 valence electrons. The summed E-state index contributed by atoms with van der Waals surface area (Å²) in [5.41, 5.74) is 0. The van der Waals surface area contributed by atoms with E-state index in [4.69, 9.17) is 14.0 Å². The fourth-order valence-corrected chi connectivity index (χ4v) is 1.60. The SMILES string of the molecule is CC1(C)OCC(CNC(=O)C(F)(F)S(=O)(=O)O)O1. The first kappa shape index (κ1) is 15.2. The Morgan fingerprint density at radius 3 is 2.50 bits per heavy atom. The minimum Gasteiger partial charge on any atom is -0.348 e. The van der Waals surface area contributed by atoms with Gasteiger partial charge in [-0.05, 0) is 13.8 Å². The maximum atomic E-state index is 12.8. The van der Waals surface area contributed by atoms with Crippen LogP contribution in [0.3, 0.4) is 0 Å². The van der Waals surface area contributed by atoms with Crippen molar-refractivity contribution in [3.63, 3.8) is 0 Å². The summed E-state index contributed by atoms with van der Waals surface area (Å²) in [6.45, 7) is 2.92. The highest BCUT2D eigenvalue weighted by molar-refractivity contribution is 7.87. The first-order valence-corrected chi connectivity index (χ1v) is 6.34. The van der Waals surface area contributed by atoms with Crippen LogP contribution in [0.15, 0.2) is 0 Å². The number of carbonyl (C=O) groups excluding carboxylic acids is 1. The van der Waals surface area contributed by atoms with Gasteiger partial charge in [-0.2, -0.15) is 17.2 Å². The number of carbonyl (C=O) groups is 1. The molecule has 1 aliphatic rings. The number of nitrogens with one attached hydrogen (secondary N) is 1. The van der Waals surface area contributed by atoms with Crippen molar-refractivity contribution >= 4 is 16.0 Å². The molecule has 0 aliphatic carbocycles. The Hall–Kier alpha value is -0.840. The number of alkyl halides is 2. The smallest absolute Gasteiger partial charge is 0.348 e. The number of rotatable bonds is 4. The molecule has 0 spiro atoms. The lowest BCUT2D eigenvalue weighted by Gasteiger charge is -2.18. The van der Waals surface area contributed by atoms with E-state index in [9.17, 15) is 22.0 Å². The topological polar surface area (TPSA) is 102 Å². The molecular weight excluding hydrogens is 276 g/mol. The van der Waals surface area contributed by atoms with E-state index >= 15 is 0 Å². The maximum absolute atomic E-state index is 12.8. The van der Waals surface area contributed by atoms with Gasteiger partial charge in [-0.15, -0.1) is 0 Å². The molecule has 2 N–H and O–H groups in total. The maximum Gasteiger partial charge on any atom is 0.446 e. The van der Waals surface area contributed by atoms with Crippen molar-refractivity contribution in [2.75, 3.05) is 13.2 Å². The minimum absolute atomic E-state index is 0.0741. The van der Waals surface area contributed by atoms with Crippen LogP contribution < -0.4 is 5.32 Å². The molecule has 10 heteroatoms. The second-order valence-electron chi connectivity index (χ2n) is 4.15. The van der Waals surface area contributed by atoms with Crippen LogP contribution in [0.4, 0.5) is 8.78 Å². The van der Waals surface area contributed by atoms with Gasteiger partial charge in [0.2, 0.25) is 0 Å². The van der Waals surface area contributed by atoms with Gasteiger partial charge in [-0.3, -0.25) is 9.35 Å². The second-order valence-corrected chi connectivity index (χ2v) is 5.62. The molecule has 18 heavy (non-hydrogen) atoms. The third-order valence-electron chi connectivity index (χ3n) is 2.15. The van der Waals surface area contributed by atoms with Crippen LogP contribution in [0.25, 0.3) is 0 Å². The summed E-state index contributed by atoms with van der Waals surface area (Å²) in [5.74, 6) is -3.00. The predicted molar refractivity (Wildman–Crippen MR) is 54.4 cm³/mol. The van der Waals surface area contributed by atoms with E-state index in [2.05, 4.69) is 0 Å². The standard InChI is InChI=1S/C8H13F2NO6S/c1-7(2)16-4-5(17-7)3-11-6(12)8(9,10)18(13,14)15/h5H,3-4H2,1-2H3,(H,11,12)(H,13,14,15). The van der Waals surface area contributed by atoms with Gasteiger partial charge in [-0.1, -0.05) is 0 Å². The van der Waals surface area contributed by atoms with Crippen molar-refractivity contribution in [2.45, 2.75) is 31.0 Å². The molecule has 0 radical (unpaired) electrons. The lowest BCUT2D eigenvalue weighted by Crippen LogP contribution is -2.48. The van der Waals surface area contributed by atoms with Crippen LogP contribution in [0, 0.1) is 0 Å². The molecule has 0 aromatic carbocycles. The fraction of sp³-hybridized carbons (Fsp3) is 0.875. The summed E-state index contributed by atoms with van der Waals surface area (Å²) in [5, 5.41) is -3.21. The van der Waals surface area contributed by atoms with Gasteiger partial charge in [-0.25, -0.2) is 0 Å². The van der Waals surface area contributed by atoms with Crippen molar-refractivity contribution in [3.05, 3.63) is 0 Å². The number of amides is 1. The van der Waals surface area contributed by atoms with E-state index in [-0.39, 0.29) is 13.2 Å². The van der Waals surface area contributed by atoms with Crippen molar-refractivity contribution in [1.82, 2.24) is 5.32 Å². The molecular formula is C8H13F2NO6S. The third kappa shape index (κ3) is 3.34. The van der Waals surface area contributed by atoms with Gasteiger partial charge in [0.15, 0.2) is 5.79 Å². The molecule has 1 fully saturated rings. The molecule has 1 aliphatic heterocycles. The summed E-state index contributed by atoms with van der Waals surface area (Å²) in [6.07, 6.45) is -0.666. The minimum atomic E-state index is -5.79. The quantitative estimate of drug-likeness (QED) is 0.691. The van der Waals surface area contributed by atoms with Crippen molar-refractivity contribution in [3.8, 4) is 0 Å². The summed E-state index contributed by atoms with van der Waals surface area (Å²) in [6, 6.07) is 0.